The van der Waals surface area contributed by atoms with Crippen molar-refractivity contribution in [3.63, 3.8) is 0 Å². The lowest BCUT2D eigenvalue weighted by Gasteiger charge is -2.49. The summed E-state index contributed by atoms with van der Waals surface area (Å²) >= 11 is 0. The Morgan fingerprint density at radius 2 is 1.81 bits per heavy atom. The van der Waals surface area contributed by atoms with Crippen molar-refractivity contribution in [2.75, 3.05) is 19.6 Å². The minimum atomic E-state index is -1.93. The van der Waals surface area contributed by atoms with Crippen molar-refractivity contribution < 1.29 is 33.0 Å². The molecule has 3 unspecified atom stereocenters. The molecule has 8 atom stereocenters. The van der Waals surface area contributed by atoms with E-state index in [4.69, 9.17) is 14.4 Å². The molecular weight excluding hydrogens is 534 g/mol. The zero-order chi connectivity index (χ0) is 27.7. The van der Waals surface area contributed by atoms with Crippen LogP contribution in [0.2, 0.25) is 18.1 Å². The molecule has 0 radical (unpaired) electrons. The second kappa shape index (κ2) is 12.2. The molecule has 3 heterocycles. The number of fused-ring (bicyclic) bond motifs is 1. The molecule has 3 rings (SSSR count). The third kappa shape index (κ3) is 5.65. The van der Waals surface area contributed by atoms with E-state index in [0.717, 1.165) is 23.7 Å². The predicted octanol–water partition coefficient (Wildman–Crippen LogP) is 2.25. The molecule has 14 heteroatoms. The summed E-state index contributed by atoms with van der Waals surface area (Å²) in [5.41, 5.74) is 1.02. The number of β-amino-alcohol motifs (C(OH)–C–C–N with tert-alkyl or cyclic N) is 1. The number of nitrogens with zero attached hydrogens (tertiary/aromatic N) is 2. The molecule has 0 aromatic rings. The first kappa shape index (κ1) is 30.1. The van der Waals surface area contributed by atoms with Gasteiger partial charge in [-0.15, -0.1) is 0 Å². The standard InChI is InChI=1S/C23H40N4O7P2Si/c1-6-37(7-2,8-3)34-13(5)17-18-12(4)14(19(22(30)32-35)27(18)21(17)29)9-26-10-15(16(28)11-26)20(24)25-23(31)33-36/h12-13,15-18,28H,6-11,35-36H2,1-5H3,(H2,24,25,31)/t12-,13+,15+,16+,17?,18+/m0/s1. The van der Waals surface area contributed by atoms with Crippen LogP contribution >= 0.6 is 18.9 Å². The minimum Gasteiger partial charge on any atom is -0.447 e. The highest BCUT2D eigenvalue weighted by Crippen LogP contribution is 2.49. The van der Waals surface area contributed by atoms with Gasteiger partial charge in [-0.3, -0.25) is 20.4 Å². The van der Waals surface area contributed by atoms with Gasteiger partial charge < -0.3 is 23.5 Å². The zero-order valence-corrected chi connectivity index (χ0v) is 25.5. The summed E-state index contributed by atoms with van der Waals surface area (Å²) < 4.78 is 16.1. The first-order valence-corrected chi connectivity index (χ1v) is 16.3. The molecule has 2 saturated heterocycles. The first-order valence-electron chi connectivity index (χ1n) is 12.8. The van der Waals surface area contributed by atoms with Crippen LogP contribution in [0.5, 0.6) is 0 Å². The third-order valence-electron chi connectivity index (χ3n) is 8.44. The maximum Gasteiger partial charge on any atom is 0.414 e. The van der Waals surface area contributed by atoms with Crippen molar-refractivity contribution in [3.8, 4) is 0 Å². The van der Waals surface area contributed by atoms with Crippen LogP contribution in [-0.2, 0) is 23.1 Å². The van der Waals surface area contributed by atoms with Crippen LogP contribution in [0, 0.1) is 23.2 Å². The molecule has 37 heavy (non-hydrogen) atoms. The number of aliphatic hydroxyl groups excluding tert-OH is 1. The highest BCUT2D eigenvalue weighted by Gasteiger charge is 2.61. The number of nitrogens with one attached hydrogen (secondary N) is 2. The minimum absolute atomic E-state index is 0.116. The number of carbonyl (C=O) groups is 3. The highest BCUT2D eigenvalue weighted by atomic mass is 31.0. The van der Waals surface area contributed by atoms with Gasteiger partial charge in [0.1, 0.15) is 11.5 Å². The van der Waals surface area contributed by atoms with Crippen LogP contribution in [0.15, 0.2) is 11.3 Å². The summed E-state index contributed by atoms with van der Waals surface area (Å²) in [6.07, 6.45) is -1.93. The number of β-lactam (4-membered cyclic amide) rings is 1. The molecule has 3 aliphatic rings. The maximum absolute atomic E-state index is 13.4. The van der Waals surface area contributed by atoms with Crippen molar-refractivity contribution >= 4 is 51.1 Å². The maximum atomic E-state index is 13.4. The highest BCUT2D eigenvalue weighted by molar-refractivity contribution is 7.11. The van der Waals surface area contributed by atoms with E-state index in [2.05, 4.69) is 30.6 Å². The summed E-state index contributed by atoms with van der Waals surface area (Å²) in [7, 11) is 1.84. The Morgan fingerprint density at radius 1 is 1.19 bits per heavy atom. The number of likely N-dealkylation sites (tertiary alicyclic amines) is 1. The van der Waals surface area contributed by atoms with E-state index < -0.39 is 32.4 Å². The average Bonchev–Trinajstić information content (AvgIpc) is 3.37. The van der Waals surface area contributed by atoms with Gasteiger partial charge in [0.2, 0.25) is 5.91 Å². The molecular formula is C23H40N4O7P2Si. The average molecular weight is 575 g/mol. The van der Waals surface area contributed by atoms with E-state index in [1.807, 2.05) is 37.7 Å². The molecule has 0 saturated carbocycles. The number of hydrogen-bond donors (Lipinski definition) is 3. The summed E-state index contributed by atoms with van der Waals surface area (Å²) in [4.78, 5) is 41.2. The summed E-state index contributed by atoms with van der Waals surface area (Å²) in [6, 6.07) is 2.76. The van der Waals surface area contributed by atoms with E-state index in [9.17, 15) is 19.5 Å². The van der Waals surface area contributed by atoms with Gasteiger partial charge in [0, 0.05) is 25.6 Å². The monoisotopic (exact) mass is 574 g/mol. The molecule has 0 spiro atoms. The van der Waals surface area contributed by atoms with Gasteiger partial charge >= 0.3 is 12.1 Å². The molecule has 0 bridgehead atoms. The Labute approximate surface area is 224 Å². The smallest absolute Gasteiger partial charge is 0.414 e. The topological polar surface area (TPSA) is 141 Å². The Bertz CT molecular complexity index is 955. The van der Waals surface area contributed by atoms with Crippen LogP contribution in [0.4, 0.5) is 4.79 Å². The van der Waals surface area contributed by atoms with E-state index in [1.165, 1.54) is 0 Å². The van der Waals surface area contributed by atoms with Crippen molar-refractivity contribution in [2.24, 2.45) is 17.8 Å². The second-order valence-electron chi connectivity index (χ2n) is 10.2. The summed E-state index contributed by atoms with van der Waals surface area (Å²) in [6.45, 7) is 11.3. The molecule has 2 amide bonds. The van der Waals surface area contributed by atoms with Crippen molar-refractivity contribution in [1.29, 1.82) is 5.41 Å². The number of rotatable bonds is 10. The number of hydrogen-bond acceptors (Lipinski definition) is 9. The van der Waals surface area contributed by atoms with E-state index in [0.29, 0.717) is 13.1 Å². The largest absolute Gasteiger partial charge is 0.447 e. The van der Waals surface area contributed by atoms with Crippen LogP contribution in [0.3, 0.4) is 0 Å². The van der Waals surface area contributed by atoms with E-state index in [1.54, 1.807) is 4.90 Å². The van der Waals surface area contributed by atoms with Crippen molar-refractivity contribution in [1.82, 2.24) is 15.1 Å². The van der Waals surface area contributed by atoms with Crippen LogP contribution in [0.1, 0.15) is 34.6 Å². The third-order valence-corrected chi connectivity index (χ3v) is 13.6. The Morgan fingerprint density at radius 3 is 2.35 bits per heavy atom. The summed E-state index contributed by atoms with van der Waals surface area (Å²) in [5, 5.41) is 21.0. The van der Waals surface area contributed by atoms with Crippen LogP contribution in [0.25, 0.3) is 0 Å². The van der Waals surface area contributed by atoms with E-state index >= 15 is 0 Å². The Balaban J connectivity index is 1.79. The number of carbonyl (C=O) groups excluding carboxylic acids is 3. The van der Waals surface area contributed by atoms with Crippen LogP contribution in [-0.4, -0.2) is 84.9 Å². The molecule has 0 aromatic heterocycles. The quantitative estimate of drug-likeness (QED) is 0.119. The van der Waals surface area contributed by atoms with Gasteiger partial charge in [0.25, 0.3) is 0 Å². The van der Waals surface area contributed by atoms with Crippen molar-refractivity contribution in [2.45, 2.75) is 71.0 Å². The lowest BCUT2D eigenvalue weighted by molar-refractivity contribution is -0.161. The van der Waals surface area contributed by atoms with Gasteiger partial charge in [-0.2, -0.15) is 0 Å². The number of amidine groups is 1. The second-order valence-corrected chi connectivity index (χ2v) is 15.4. The Hall–Kier alpha value is -1.42. The van der Waals surface area contributed by atoms with E-state index in [-0.39, 0.29) is 48.0 Å². The van der Waals surface area contributed by atoms with Gasteiger partial charge in [0.15, 0.2) is 8.32 Å². The van der Waals surface area contributed by atoms with Gasteiger partial charge in [-0.25, -0.2) is 9.59 Å². The fourth-order valence-electron chi connectivity index (χ4n) is 6.10. The summed E-state index contributed by atoms with van der Waals surface area (Å²) in [5.74, 6) is -1.94. The molecule has 11 nitrogen and oxygen atoms in total. The molecule has 0 aromatic carbocycles. The Kier molecular flexibility index (Phi) is 9.91. The zero-order valence-electron chi connectivity index (χ0n) is 22.2. The fourth-order valence-corrected chi connectivity index (χ4v) is 9.21. The van der Waals surface area contributed by atoms with Crippen LogP contribution < -0.4 is 5.32 Å². The number of amides is 2. The molecule has 3 N–H and O–H groups in total. The first-order chi connectivity index (χ1) is 17.5. The lowest BCUT2D eigenvalue weighted by atomic mass is 9.77. The number of aliphatic hydroxyl groups is 1. The predicted molar refractivity (Wildman–Crippen MR) is 147 cm³/mol. The van der Waals surface area contributed by atoms with Gasteiger partial charge in [-0.1, -0.05) is 27.7 Å². The fraction of sp³-hybridized carbons (Fsp3) is 0.739. The van der Waals surface area contributed by atoms with Gasteiger partial charge in [0.05, 0.1) is 49.0 Å². The van der Waals surface area contributed by atoms with Crippen molar-refractivity contribution in [3.05, 3.63) is 11.3 Å². The molecule has 2 fully saturated rings. The van der Waals surface area contributed by atoms with Gasteiger partial charge in [-0.05, 0) is 30.6 Å². The molecule has 208 valence electrons. The normalized spacial score (nSPS) is 28.6. The lowest BCUT2D eigenvalue weighted by Crippen LogP contribution is -2.65. The molecule has 3 aliphatic heterocycles. The SMILES string of the molecule is CC[Si](CC)(CC)O[C@H](C)C1C(=O)N2C(C(=O)OP)=C(CN3C[C@@H](O)[C@H](C(=N)NC(=O)OP)C3)[C@H](C)[C@H]12. The molecule has 0 aliphatic carbocycles.